The zero-order chi connectivity index (χ0) is 13.8. The summed E-state index contributed by atoms with van der Waals surface area (Å²) in [7, 11) is 0. The van der Waals surface area contributed by atoms with Gasteiger partial charge in [0.1, 0.15) is 12.1 Å². The molecule has 1 atom stereocenters. The van der Waals surface area contributed by atoms with Crippen molar-refractivity contribution >= 4 is 17.2 Å². The Morgan fingerprint density at radius 3 is 2.74 bits per heavy atom. The van der Waals surface area contributed by atoms with E-state index in [-0.39, 0.29) is 6.04 Å². The highest BCUT2D eigenvalue weighted by molar-refractivity contribution is 7.11. The van der Waals surface area contributed by atoms with E-state index in [1.165, 1.54) is 4.88 Å². The molecule has 0 radical (unpaired) electrons. The van der Waals surface area contributed by atoms with E-state index < -0.39 is 0 Å². The van der Waals surface area contributed by atoms with Crippen LogP contribution < -0.4 is 5.32 Å². The Morgan fingerprint density at radius 2 is 2.11 bits per heavy atom. The second-order valence-corrected chi connectivity index (χ2v) is 5.93. The maximum absolute atomic E-state index is 4.47. The third kappa shape index (κ3) is 3.50. The van der Waals surface area contributed by atoms with Crippen LogP contribution >= 0.6 is 11.3 Å². The molecular formula is C14H20N4S. The van der Waals surface area contributed by atoms with Crippen LogP contribution in [-0.2, 0) is 6.42 Å². The van der Waals surface area contributed by atoms with E-state index >= 15 is 0 Å². The Labute approximate surface area is 118 Å². The Hall–Kier alpha value is -1.49. The number of nitrogens with zero attached hydrogens (tertiary/aromatic N) is 3. The van der Waals surface area contributed by atoms with Gasteiger partial charge in [0.15, 0.2) is 0 Å². The SMILES string of the molecule is CCCc1cc(NC(C)c2sc(C)nc2C)ncn1. The number of aromatic nitrogens is 3. The fourth-order valence-corrected chi connectivity index (χ4v) is 3.04. The molecule has 0 bridgehead atoms. The van der Waals surface area contributed by atoms with Crippen molar-refractivity contribution < 1.29 is 0 Å². The normalized spacial score (nSPS) is 12.4. The van der Waals surface area contributed by atoms with Gasteiger partial charge >= 0.3 is 0 Å². The highest BCUT2D eigenvalue weighted by atomic mass is 32.1. The van der Waals surface area contributed by atoms with Gasteiger partial charge in [-0.3, -0.25) is 0 Å². The van der Waals surface area contributed by atoms with Crippen LogP contribution in [0.3, 0.4) is 0 Å². The molecule has 0 spiro atoms. The van der Waals surface area contributed by atoms with E-state index in [0.29, 0.717) is 0 Å². The summed E-state index contributed by atoms with van der Waals surface area (Å²) < 4.78 is 0. The van der Waals surface area contributed by atoms with Crippen LogP contribution in [0.5, 0.6) is 0 Å². The fraction of sp³-hybridized carbons (Fsp3) is 0.500. The van der Waals surface area contributed by atoms with Crippen LogP contribution in [0.2, 0.25) is 0 Å². The van der Waals surface area contributed by atoms with Crippen molar-refractivity contribution in [3.8, 4) is 0 Å². The van der Waals surface area contributed by atoms with E-state index in [1.807, 2.05) is 13.0 Å². The zero-order valence-corrected chi connectivity index (χ0v) is 12.7. The largest absolute Gasteiger partial charge is 0.363 e. The average molecular weight is 276 g/mol. The van der Waals surface area contributed by atoms with E-state index in [0.717, 1.165) is 35.1 Å². The summed E-state index contributed by atoms with van der Waals surface area (Å²) in [5.41, 5.74) is 2.19. The molecule has 2 rings (SSSR count). The molecule has 0 saturated carbocycles. The summed E-state index contributed by atoms with van der Waals surface area (Å²) in [5, 5.41) is 4.54. The van der Waals surface area contributed by atoms with Crippen molar-refractivity contribution in [2.24, 2.45) is 0 Å². The molecule has 0 fully saturated rings. The lowest BCUT2D eigenvalue weighted by Crippen LogP contribution is -2.08. The lowest BCUT2D eigenvalue weighted by atomic mass is 10.2. The number of hydrogen-bond donors (Lipinski definition) is 1. The first-order valence-electron chi connectivity index (χ1n) is 6.61. The molecule has 19 heavy (non-hydrogen) atoms. The zero-order valence-electron chi connectivity index (χ0n) is 11.9. The van der Waals surface area contributed by atoms with Crippen molar-refractivity contribution in [3.05, 3.63) is 33.7 Å². The first-order valence-corrected chi connectivity index (χ1v) is 7.43. The van der Waals surface area contributed by atoms with Crippen LogP contribution in [-0.4, -0.2) is 15.0 Å². The molecule has 1 N–H and O–H groups in total. The molecule has 0 saturated heterocycles. The summed E-state index contributed by atoms with van der Waals surface area (Å²) >= 11 is 1.74. The molecular weight excluding hydrogens is 256 g/mol. The van der Waals surface area contributed by atoms with Crippen molar-refractivity contribution in [1.29, 1.82) is 0 Å². The van der Waals surface area contributed by atoms with Crippen LogP contribution in [0.25, 0.3) is 0 Å². The number of nitrogens with one attached hydrogen (secondary N) is 1. The first-order chi connectivity index (χ1) is 9.10. The van der Waals surface area contributed by atoms with Gasteiger partial charge in [-0.1, -0.05) is 13.3 Å². The third-order valence-electron chi connectivity index (χ3n) is 2.93. The maximum atomic E-state index is 4.47. The number of aryl methyl sites for hydroxylation is 3. The van der Waals surface area contributed by atoms with Crippen LogP contribution in [0, 0.1) is 13.8 Å². The standard InChI is InChI=1S/C14H20N4S/c1-5-6-12-7-13(16-8-15-12)18-10(3)14-9(2)17-11(4)19-14/h7-8,10H,5-6H2,1-4H3,(H,15,16,18). The summed E-state index contributed by atoms with van der Waals surface area (Å²) in [6.45, 7) is 8.39. The minimum Gasteiger partial charge on any atom is -0.363 e. The number of anilines is 1. The van der Waals surface area contributed by atoms with Crippen LogP contribution in [0.1, 0.15) is 47.6 Å². The summed E-state index contributed by atoms with van der Waals surface area (Å²) in [6.07, 6.45) is 3.72. The molecule has 5 heteroatoms. The highest BCUT2D eigenvalue weighted by Gasteiger charge is 2.13. The third-order valence-corrected chi connectivity index (χ3v) is 4.18. The number of rotatable bonds is 5. The van der Waals surface area contributed by atoms with Crippen molar-refractivity contribution in [3.63, 3.8) is 0 Å². The molecule has 0 aliphatic carbocycles. The monoisotopic (exact) mass is 276 g/mol. The summed E-state index contributed by atoms with van der Waals surface area (Å²) in [4.78, 5) is 14.3. The Kier molecular flexibility index (Phi) is 4.47. The molecule has 4 nitrogen and oxygen atoms in total. The summed E-state index contributed by atoms with van der Waals surface area (Å²) in [5.74, 6) is 0.886. The Balaban J connectivity index is 2.12. The van der Waals surface area contributed by atoms with Gasteiger partial charge in [0.25, 0.3) is 0 Å². The number of hydrogen-bond acceptors (Lipinski definition) is 5. The molecule has 0 aliphatic rings. The van der Waals surface area contributed by atoms with E-state index in [2.05, 4.69) is 41.0 Å². The van der Waals surface area contributed by atoms with Gasteiger partial charge in [-0.2, -0.15) is 0 Å². The van der Waals surface area contributed by atoms with E-state index in [1.54, 1.807) is 17.7 Å². The minimum absolute atomic E-state index is 0.218. The molecule has 0 amide bonds. The molecule has 0 aromatic carbocycles. The lowest BCUT2D eigenvalue weighted by molar-refractivity contribution is 0.851. The van der Waals surface area contributed by atoms with E-state index in [4.69, 9.17) is 0 Å². The molecule has 2 heterocycles. The molecule has 2 aromatic rings. The minimum atomic E-state index is 0.218. The lowest BCUT2D eigenvalue weighted by Gasteiger charge is -2.13. The first kappa shape index (κ1) is 13.9. The topological polar surface area (TPSA) is 50.7 Å². The van der Waals surface area contributed by atoms with Gasteiger partial charge in [-0.15, -0.1) is 11.3 Å². The van der Waals surface area contributed by atoms with Crippen molar-refractivity contribution in [1.82, 2.24) is 15.0 Å². The quantitative estimate of drug-likeness (QED) is 0.905. The van der Waals surface area contributed by atoms with Crippen molar-refractivity contribution in [2.75, 3.05) is 5.32 Å². The van der Waals surface area contributed by atoms with E-state index in [9.17, 15) is 0 Å². The molecule has 0 aliphatic heterocycles. The summed E-state index contributed by atoms with van der Waals surface area (Å²) in [6, 6.07) is 2.25. The fourth-order valence-electron chi connectivity index (χ4n) is 2.11. The Bertz CT molecular complexity index is 550. The van der Waals surface area contributed by atoms with Gasteiger partial charge in [-0.05, 0) is 27.2 Å². The predicted octanol–water partition coefficient (Wildman–Crippen LogP) is 3.68. The van der Waals surface area contributed by atoms with Crippen molar-refractivity contribution in [2.45, 2.75) is 46.6 Å². The van der Waals surface area contributed by atoms with Crippen LogP contribution in [0.4, 0.5) is 5.82 Å². The Morgan fingerprint density at radius 1 is 1.32 bits per heavy atom. The van der Waals surface area contributed by atoms with Gasteiger partial charge in [0.05, 0.1) is 16.7 Å². The van der Waals surface area contributed by atoms with Crippen LogP contribution in [0.15, 0.2) is 12.4 Å². The second-order valence-electron chi connectivity index (χ2n) is 4.69. The smallest absolute Gasteiger partial charge is 0.130 e. The molecule has 1 unspecified atom stereocenters. The maximum Gasteiger partial charge on any atom is 0.130 e. The molecule has 102 valence electrons. The average Bonchev–Trinajstić information content (AvgIpc) is 2.69. The predicted molar refractivity (Wildman–Crippen MR) is 79.7 cm³/mol. The van der Waals surface area contributed by atoms with Gasteiger partial charge in [0.2, 0.25) is 0 Å². The van der Waals surface area contributed by atoms with Gasteiger partial charge < -0.3 is 5.32 Å². The highest BCUT2D eigenvalue weighted by Crippen LogP contribution is 2.26. The number of thiazole rings is 1. The second kappa shape index (κ2) is 6.10. The van der Waals surface area contributed by atoms with Gasteiger partial charge in [-0.25, -0.2) is 15.0 Å². The molecule has 2 aromatic heterocycles. The van der Waals surface area contributed by atoms with Gasteiger partial charge in [0, 0.05) is 16.6 Å².